The van der Waals surface area contributed by atoms with Crippen molar-refractivity contribution in [2.24, 2.45) is 5.92 Å². The van der Waals surface area contributed by atoms with Crippen LogP contribution in [0, 0.1) is 5.92 Å². The molecule has 1 unspecified atom stereocenters. The Morgan fingerprint density at radius 2 is 1.63 bits per heavy atom. The van der Waals surface area contributed by atoms with Gasteiger partial charge in [0.05, 0.1) is 11.0 Å². The molecule has 1 aromatic carbocycles. The number of hydrogen-bond donors (Lipinski definition) is 2. The van der Waals surface area contributed by atoms with Crippen molar-refractivity contribution in [1.29, 1.82) is 0 Å². The van der Waals surface area contributed by atoms with Gasteiger partial charge in [0.2, 0.25) is 0 Å². The number of fused-ring (bicyclic) bond motifs is 1. The van der Waals surface area contributed by atoms with Crippen molar-refractivity contribution < 1.29 is 0 Å². The van der Waals surface area contributed by atoms with Gasteiger partial charge in [0.1, 0.15) is 0 Å². The highest BCUT2D eigenvalue weighted by molar-refractivity contribution is 9.09. The van der Waals surface area contributed by atoms with E-state index in [4.69, 9.17) is 0 Å². The lowest BCUT2D eigenvalue weighted by Gasteiger charge is -2.20. The summed E-state index contributed by atoms with van der Waals surface area (Å²) in [7, 11) is 0. The number of alkyl halides is 1. The Morgan fingerprint density at radius 1 is 1.05 bits per heavy atom. The number of benzene rings is 1. The van der Waals surface area contributed by atoms with Crippen molar-refractivity contribution in [3.63, 3.8) is 0 Å². The Balaban J connectivity index is 2.49. The number of rotatable bonds is 4. The molecule has 1 aromatic heterocycles. The first kappa shape index (κ1) is 14.1. The summed E-state index contributed by atoms with van der Waals surface area (Å²) in [5.74, 6) is 0.548. The molecule has 0 aliphatic rings. The maximum Gasteiger partial charge on any atom is 0.314 e. The lowest BCUT2D eigenvalue weighted by molar-refractivity contribution is 0.487. The largest absolute Gasteiger partial charge is 0.316 e. The molecular formula is C14H17BrN2O2. The SMILES string of the molecule is CCC(CC)C(Br)c1ccc2[nH]c(=O)c(=O)[nH]c2c1. The van der Waals surface area contributed by atoms with Crippen LogP contribution in [-0.2, 0) is 0 Å². The molecule has 0 fully saturated rings. The van der Waals surface area contributed by atoms with E-state index in [0.29, 0.717) is 17.0 Å². The van der Waals surface area contributed by atoms with Crippen LogP contribution < -0.4 is 11.1 Å². The molecule has 102 valence electrons. The minimum Gasteiger partial charge on any atom is -0.316 e. The predicted molar refractivity (Wildman–Crippen MR) is 80.9 cm³/mol. The van der Waals surface area contributed by atoms with Crippen molar-refractivity contribution in [3.05, 3.63) is 44.5 Å². The standard InChI is InChI=1S/C14H17BrN2O2/c1-3-8(4-2)12(15)9-5-6-10-11(7-9)17-14(19)13(18)16-10/h5-8,12H,3-4H2,1-2H3,(H,16,18)(H,17,19). The first-order chi connectivity index (χ1) is 9.06. The zero-order valence-corrected chi connectivity index (χ0v) is 12.6. The molecule has 0 amide bonds. The number of aromatic amines is 2. The van der Waals surface area contributed by atoms with E-state index in [1.54, 1.807) is 0 Å². The number of H-pyrrole nitrogens is 2. The Hall–Kier alpha value is -1.36. The van der Waals surface area contributed by atoms with Gasteiger partial charge < -0.3 is 9.97 Å². The molecule has 0 saturated carbocycles. The van der Waals surface area contributed by atoms with Crippen LogP contribution in [0.2, 0.25) is 0 Å². The highest BCUT2D eigenvalue weighted by Crippen LogP contribution is 2.35. The van der Waals surface area contributed by atoms with Gasteiger partial charge in [0.15, 0.2) is 0 Å². The molecule has 19 heavy (non-hydrogen) atoms. The van der Waals surface area contributed by atoms with Gasteiger partial charge >= 0.3 is 11.1 Å². The second-order valence-electron chi connectivity index (χ2n) is 4.69. The lowest BCUT2D eigenvalue weighted by atomic mass is 9.94. The third kappa shape index (κ3) is 2.81. The van der Waals surface area contributed by atoms with E-state index >= 15 is 0 Å². The van der Waals surface area contributed by atoms with Gasteiger partial charge in [-0.05, 0) is 23.6 Å². The van der Waals surface area contributed by atoms with Gasteiger partial charge in [0.25, 0.3) is 0 Å². The van der Waals surface area contributed by atoms with E-state index in [1.807, 2.05) is 18.2 Å². The molecule has 0 saturated heterocycles. The number of nitrogens with one attached hydrogen (secondary N) is 2. The Kier molecular flexibility index (Phi) is 4.24. The Bertz CT molecular complexity index is 686. The fourth-order valence-electron chi connectivity index (χ4n) is 2.28. The molecule has 5 heteroatoms. The third-order valence-corrected chi connectivity index (χ3v) is 4.80. The summed E-state index contributed by atoms with van der Waals surface area (Å²) < 4.78 is 0. The van der Waals surface area contributed by atoms with Crippen LogP contribution in [0.5, 0.6) is 0 Å². The minimum atomic E-state index is -0.615. The first-order valence-corrected chi connectivity index (χ1v) is 7.38. The van der Waals surface area contributed by atoms with E-state index in [0.717, 1.165) is 18.4 Å². The van der Waals surface area contributed by atoms with Gasteiger partial charge in [-0.1, -0.05) is 48.7 Å². The molecular weight excluding hydrogens is 308 g/mol. The van der Waals surface area contributed by atoms with Gasteiger partial charge in [-0.15, -0.1) is 0 Å². The van der Waals surface area contributed by atoms with Crippen LogP contribution >= 0.6 is 15.9 Å². The highest BCUT2D eigenvalue weighted by Gasteiger charge is 2.17. The van der Waals surface area contributed by atoms with Gasteiger partial charge in [0, 0.05) is 4.83 Å². The monoisotopic (exact) mass is 324 g/mol. The highest BCUT2D eigenvalue weighted by atomic mass is 79.9. The predicted octanol–water partition coefficient (Wildman–Crippen LogP) is 3.09. The second kappa shape index (κ2) is 5.74. The van der Waals surface area contributed by atoms with Crippen molar-refractivity contribution in [1.82, 2.24) is 9.97 Å². The Morgan fingerprint density at radius 3 is 2.21 bits per heavy atom. The quantitative estimate of drug-likeness (QED) is 0.670. The smallest absolute Gasteiger partial charge is 0.314 e. The normalized spacial score (nSPS) is 13.1. The summed E-state index contributed by atoms with van der Waals surface area (Å²) >= 11 is 3.73. The van der Waals surface area contributed by atoms with Gasteiger partial charge in [-0.3, -0.25) is 9.59 Å². The zero-order valence-electron chi connectivity index (χ0n) is 11.0. The van der Waals surface area contributed by atoms with Gasteiger partial charge in [-0.25, -0.2) is 0 Å². The van der Waals surface area contributed by atoms with Crippen LogP contribution in [-0.4, -0.2) is 9.97 Å². The molecule has 0 aliphatic heterocycles. The fourth-order valence-corrected chi connectivity index (χ4v) is 3.31. The van der Waals surface area contributed by atoms with Crippen LogP contribution in [0.15, 0.2) is 27.8 Å². The molecule has 0 spiro atoms. The number of halogens is 1. The topological polar surface area (TPSA) is 65.7 Å². The minimum absolute atomic E-state index is 0.252. The maximum absolute atomic E-state index is 11.3. The molecule has 2 N–H and O–H groups in total. The van der Waals surface area contributed by atoms with Crippen LogP contribution in [0.4, 0.5) is 0 Å². The number of hydrogen-bond acceptors (Lipinski definition) is 2. The van der Waals surface area contributed by atoms with E-state index < -0.39 is 11.1 Å². The molecule has 0 aliphatic carbocycles. The molecule has 4 nitrogen and oxygen atoms in total. The van der Waals surface area contributed by atoms with Crippen molar-refractivity contribution >= 4 is 27.0 Å². The van der Waals surface area contributed by atoms with Crippen molar-refractivity contribution in [2.45, 2.75) is 31.5 Å². The number of aromatic nitrogens is 2. The van der Waals surface area contributed by atoms with Crippen molar-refractivity contribution in [2.75, 3.05) is 0 Å². The maximum atomic E-state index is 11.3. The summed E-state index contributed by atoms with van der Waals surface area (Å²) in [5, 5.41) is 0. The summed E-state index contributed by atoms with van der Waals surface area (Å²) in [6.07, 6.45) is 2.18. The van der Waals surface area contributed by atoms with Crippen LogP contribution in [0.25, 0.3) is 11.0 Å². The van der Waals surface area contributed by atoms with Crippen molar-refractivity contribution in [3.8, 4) is 0 Å². The molecule has 0 radical (unpaired) electrons. The van der Waals surface area contributed by atoms with Gasteiger partial charge in [-0.2, -0.15) is 0 Å². The molecule has 0 bridgehead atoms. The lowest BCUT2D eigenvalue weighted by Crippen LogP contribution is -2.28. The summed E-state index contributed by atoms with van der Waals surface area (Å²) in [6.45, 7) is 4.34. The summed E-state index contributed by atoms with van der Waals surface area (Å²) in [5.41, 5.74) is 1.20. The molecule has 1 atom stereocenters. The zero-order chi connectivity index (χ0) is 14.0. The average Bonchev–Trinajstić information content (AvgIpc) is 2.41. The van der Waals surface area contributed by atoms with Crippen LogP contribution in [0.1, 0.15) is 37.1 Å². The molecule has 2 rings (SSSR count). The van der Waals surface area contributed by atoms with E-state index in [2.05, 4.69) is 39.7 Å². The Labute approximate surface area is 119 Å². The second-order valence-corrected chi connectivity index (χ2v) is 5.68. The molecule has 1 heterocycles. The summed E-state index contributed by atoms with van der Waals surface area (Å²) in [4.78, 5) is 28.0. The first-order valence-electron chi connectivity index (χ1n) is 6.47. The average molecular weight is 325 g/mol. The third-order valence-electron chi connectivity index (χ3n) is 3.53. The van der Waals surface area contributed by atoms with E-state index in [1.165, 1.54) is 0 Å². The van der Waals surface area contributed by atoms with E-state index in [9.17, 15) is 9.59 Å². The fraction of sp³-hybridized carbons (Fsp3) is 0.429. The molecule has 2 aromatic rings. The van der Waals surface area contributed by atoms with E-state index in [-0.39, 0.29) is 4.83 Å². The summed E-state index contributed by atoms with van der Waals surface area (Å²) in [6, 6.07) is 5.73. The van der Waals surface area contributed by atoms with Crippen LogP contribution in [0.3, 0.4) is 0 Å².